The molecule has 0 amide bonds. The number of carbonyl (C=O) groups is 1. The third kappa shape index (κ3) is 4.69. The predicted molar refractivity (Wildman–Crippen MR) is 112 cm³/mol. The number of hydrazone groups is 1. The van der Waals surface area contributed by atoms with Crippen molar-refractivity contribution in [1.82, 2.24) is 5.01 Å². The summed E-state index contributed by atoms with van der Waals surface area (Å²) in [5.74, 6) is -0.121. The lowest BCUT2D eigenvalue weighted by Gasteiger charge is -2.48. The van der Waals surface area contributed by atoms with E-state index in [9.17, 15) is 4.79 Å². The highest BCUT2D eigenvalue weighted by Crippen LogP contribution is 2.54. The van der Waals surface area contributed by atoms with Crippen LogP contribution in [0, 0.1) is 0 Å². The summed E-state index contributed by atoms with van der Waals surface area (Å²) in [7, 11) is 1.14. The van der Waals surface area contributed by atoms with E-state index in [-0.39, 0.29) is 11.0 Å². The molecular formula is C20H40N2O3Si. The minimum absolute atomic E-state index is 0.0535. The standard InChI is InChI=1S/C20H40N2O3Si/c1-9-10-13-20(18(23)25-6,26(7,8)19(2,3)4)16-21-22-14-11-12-17(22)15-24-5/h16-17H,9-15H2,1-8H3/b21-16+/t17-,20+/m0/s1. The second kappa shape index (κ2) is 9.35. The zero-order chi connectivity index (χ0) is 20.0. The molecule has 2 atom stereocenters. The smallest absolute Gasteiger partial charge is 0.314 e. The predicted octanol–water partition coefficient (Wildman–Crippen LogP) is 4.70. The van der Waals surface area contributed by atoms with Gasteiger partial charge >= 0.3 is 5.97 Å². The molecule has 0 saturated carbocycles. The molecule has 1 aliphatic heterocycles. The van der Waals surface area contributed by atoms with Gasteiger partial charge in [-0.1, -0.05) is 53.6 Å². The quantitative estimate of drug-likeness (QED) is 0.328. The van der Waals surface area contributed by atoms with Crippen molar-refractivity contribution in [3.05, 3.63) is 0 Å². The monoisotopic (exact) mass is 384 g/mol. The molecule has 0 N–H and O–H groups in total. The maximum Gasteiger partial charge on any atom is 0.314 e. The molecule has 1 heterocycles. The van der Waals surface area contributed by atoms with Crippen LogP contribution in [-0.4, -0.2) is 58.7 Å². The summed E-state index contributed by atoms with van der Waals surface area (Å²) in [6, 6.07) is 0.303. The van der Waals surface area contributed by atoms with Crippen LogP contribution in [0.15, 0.2) is 5.10 Å². The first kappa shape index (κ1) is 23.2. The molecule has 0 aliphatic carbocycles. The molecule has 0 radical (unpaired) electrons. The van der Waals surface area contributed by atoms with Crippen LogP contribution in [0.25, 0.3) is 0 Å². The van der Waals surface area contributed by atoms with Gasteiger partial charge in [0.2, 0.25) is 0 Å². The minimum atomic E-state index is -2.10. The number of carbonyl (C=O) groups excluding carboxylic acids is 1. The molecule has 0 bridgehead atoms. The van der Waals surface area contributed by atoms with E-state index >= 15 is 0 Å². The van der Waals surface area contributed by atoms with Crippen LogP contribution in [0.3, 0.4) is 0 Å². The molecule has 0 aromatic rings. The Labute approximate surface area is 161 Å². The van der Waals surface area contributed by atoms with Crippen LogP contribution in [0.4, 0.5) is 0 Å². The van der Waals surface area contributed by atoms with E-state index in [4.69, 9.17) is 14.6 Å². The van der Waals surface area contributed by atoms with Crippen molar-refractivity contribution in [1.29, 1.82) is 0 Å². The van der Waals surface area contributed by atoms with E-state index in [1.807, 2.05) is 6.21 Å². The van der Waals surface area contributed by atoms with Crippen molar-refractivity contribution in [2.24, 2.45) is 5.10 Å². The molecule has 1 rings (SSSR count). The molecule has 1 fully saturated rings. The highest BCUT2D eigenvalue weighted by Gasteiger charge is 2.57. The third-order valence-electron chi connectivity index (χ3n) is 6.60. The van der Waals surface area contributed by atoms with Crippen molar-refractivity contribution in [2.75, 3.05) is 27.4 Å². The van der Waals surface area contributed by atoms with E-state index < -0.39 is 13.1 Å². The van der Waals surface area contributed by atoms with Gasteiger partial charge < -0.3 is 9.47 Å². The number of hydrogen-bond acceptors (Lipinski definition) is 5. The summed E-state index contributed by atoms with van der Waals surface area (Å²) in [4.78, 5) is 13.1. The number of hydrogen-bond donors (Lipinski definition) is 0. The van der Waals surface area contributed by atoms with Crippen LogP contribution in [0.5, 0.6) is 0 Å². The van der Waals surface area contributed by atoms with Gasteiger partial charge in [-0.15, -0.1) is 0 Å². The van der Waals surface area contributed by atoms with Crippen LogP contribution < -0.4 is 0 Å². The summed E-state index contributed by atoms with van der Waals surface area (Å²) in [6.45, 7) is 15.1. The number of ether oxygens (including phenoxy) is 2. The van der Waals surface area contributed by atoms with E-state index in [2.05, 4.69) is 45.8 Å². The first-order chi connectivity index (χ1) is 12.1. The Morgan fingerprint density at radius 1 is 1.31 bits per heavy atom. The van der Waals surface area contributed by atoms with E-state index in [0.29, 0.717) is 12.6 Å². The van der Waals surface area contributed by atoms with Crippen molar-refractivity contribution < 1.29 is 14.3 Å². The van der Waals surface area contributed by atoms with Crippen molar-refractivity contribution in [2.45, 2.75) is 89.0 Å². The van der Waals surface area contributed by atoms with Gasteiger partial charge in [0.25, 0.3) is 0 Å². The van der Waals surface area contributed by atoms with Gasteiger partial charge in [-0.2, -0.15) is 5.10 Å². The molecule has 152 valence electrons. The van der Waals surface area contributed by atoms with Crippen molar-refractivity contribution in [3.63, 3.8) is 0 Å². The van der Waals surface area contributed by atoms with Gasteiger partial charge in [-0.25, -0.2) is 0 Å². The Kier molecular flexibility index (Phi) is 8.33. The number of esters is 1. The van der Waals surface area contributed by atoms with Gasteiger partial charge in [-0.3, -0.25) is 9.80 Å². The zero-order valence-electron chi connectivity index (χ0n) is 18.2. The first-order valence-corrected chi connectivity index (χ1v) is 13.0. The molecule has 0 aromatic carbocycles. The third-order valence-corrected chi connectivity index (χ3v) is 13.2. The maximum absolute atomic E-state index is 13.1. The van der Waals surface area contributed by atoms with E-state index in [1.165, 1.54) is 7.11 Å². The Balaban J connectivity index is 3.33. The van der Waals surface area contributed by atoms with Gasteiger partial charge in [-0.05, 0) is 24.3 Å². The topological polar surface area (TPSA) is 51.1 Å². The fourth-order valence-electron chi connectivity index (χ4n) is 3.76. The van der Waals surface area contributed by atoms with Crippen molar-refractivity contribution in [3.8, 4) is 0 Å². The molecule has 0 aromatic heterocycles. The molecule has 1 saturated heterocycles. The normalized spacial score (nSPS) is 21.2. The fraction of sp³-hybridized carbons (Fsp3) is 0.900. The largest absolute Gasteiger partial charge is 0.469 e. The van der Waals surface area contributed by atoms with Crippen LogP contribution >= 0.6 is 0 Å². The minimum Gasteiger partial charge on any atom is -0.469 e. The SMILES string of the molecule is CCCC[C@@](/C=N/N1CCC[C@H]1COC)(C(=O)OC)[Si](C)(C)C(C)(C)C. The lowest BCUT2D eigenvalue weighted by atomic mass is 10.0. The lowest BCUT2D eigenvalue weighted by Crippen LogP contribution is -2.55. The Bertz CT molecular complexity index is 488. The molecule has 6 heteroatoms. The summed E-state index contributed by atoms with van der Waals surface area (Å²) in [5, 5.41) is 6.41. The Morgan fingerprint density at radius 2 is 1.96 bits per heavy atom. The van der Waals surface area contributed by atoms with Gasteiger partial charge in [0.15, 0.2) is 0 Å². The maximum atomic E-state index is 13.1. The Morgan fingerprint density at radius 3 is 2.46 bits per heavy atom. The highest BCUT2D eigenvalue weighted by atomic mass is 28.3. The van der Waals surface area contributed by atoms with Crippen molar-refractivity contribution >= 4 is 20.3 Å². The number of unbranched alkanes of at least 4 members (excludes halogenated alkanes) is 1. The van der Waals surface area contributed by atoms with Crippen LogP contribution in [0.1, 0.15) is 59.8 Å². The average Bonchev–Trinajstić information content (AvgIpc) is 3.01. The number of rotatable bonds is 9. The second-order valence-electron chi connectivity index (χ2n) is 9.10. The summed E-state index contributed by atoms with van der Waals surface area (Å²) >= 11 is 0. The lowest BCUT2D eigenvalue weighted by molar-refractivity contribution is -0.142. The zero-order valence-corrected chi connectivity index (χ0v) is 19.2. The number of methoxy groups -OCH3 is 2. The van der Waals surface area contributed by atoms with Gasteiger partial charge in [0.1, 0.15) is 0 Å². The molecule has 26 heavy (non-hydrogen) atoms. The van der Waals surface area contributed by atoms with E-state index in [1.54, 1.807) is 7.11 Å². The molecule has 1 aliphatic rings. The molecule has 5 nitrogen and oxygen atoms in total. The highest BCUT2D eigenvalue weighted by molar-refractivity contribution is 6.88. The van der Waals surface area contributed by atoms with Crippen LogP contribution in [-0.2, 0) is 14.3 Å². The summed E-state index contributed by atoms with van der Waals surface area (Å²) in [5.41, 5.74) is 0. The summed E-state index contributed by atoms with van der Waals surface area (Å²) < 4.78 is 10.7. The molecular weight excluding hydrogens is 344 g/mol. The van der Waals surface area contributed by atoms with Gasteiger partial charge in [0, 0.05) is 19.9 Å². The summed E-state index contributed by atoms with van der Waals surface area (Å²) in [6.07, 6.45) is 7.02. The van der Waals surface area contributed by atoms with E-state index in [0.717, 1.165) is 38.6 Å². The molecule has 0 unspecified atom stereocenters. The first-order valence-electron chi connectivity index (χ1n) is 9.96. The number of nitrogens with zero attached hydrogens (tertiary/aromatic N) is 2. The van der Waals surface area contributed by atoms with Crippen LogP contribution in [0.2, 0.25) is 23.2 Å². The average molecular weight is 385 g/mol. The second-order valence-corrected chi connectivity index (χ2v) is 14.7. The Hall–Kier alpha value is -0.883. The molecule has 0 spiro atoms. The van der Waals surface area contributed by atoms with Gasteiger partial charge in [0.05, 0.1) is 32.9 Å². The fourth-order valence-corrected chi connectivity index (χ4v) is 6.90.